The number of nitrogens with zero attached hydrogens (tertiary/aromatic N) is 8. The Morgan fingerprint density at radius 2 is 1.86 bits per heavy atom. The lowest BCUT2D eigenvalue weighted by Crippen LogP contribution is -2.59. The van der Waals surface area contributed by atoms with Crippen LogP contribution < -0.4 is 10.5 Å². The van der Waals surface area contributed by atoms with Gasteiger partial charge in [0.15, 0.2) is 0 Å². The lowest BCUT2D eigenvalue weighted by atomic mass is 9.99. The number of para-hydroxylation sites is 2. The Balaban J connectivity index is 1.53. The van der Waals surface area contributed by atoms with E-state index in [4.69, 9.17) is 10.1 Å². The zero-order chi connectivity index (χ0) is 26.3. The number of anilines is 1. The fraction of sp³-hybridized carbons (Fsp3) is 0.500. The van der Waals surface area contributed by atoms with Gasteiger partial charge in [-0.2, -0.15) is 10.4 Å². The lowest BCUT2D eigenvalue weighted by Gasteiger charge is -2.49. The van der Waals surface area contributed by atoms with Crippen molar-refractivity contribution in [2.45, 2.75) is 71.8 Å². The van der Waals surface area contributed by atoms with E-state index >= 15 is 0 Å². The maximum Gasteiger partial charge on any atom is 0.252 e. The Morgan fingerprint density at radius 3 is 2.57 bits per heavy atom. The summed E-state index contributed by atoms with van der Waals surface area (Å²) in [7, 11) is 1.76. The van der Waals surface area contributed by atoms with Crippen LogP contribution in [0.1, 0.15) is 52.4 Å². The average Bonchev–Trinajstić information content (AvgIpc) is 3.51. The number of pyridine rings is 1. The number of piperazine rings is 1. The van der Waals surface area contributed by atoms with Crippen molar-refractivity contribution in [2.75, 3.05) is 18.0 Å². The van der Waals surface area contributed by atoms with Crippen molar-refractivity contribution >= 4 is 27.8 Å². The van der Waals surface area contributed by atoms with E-state index in [1.54, 1.807) is 28.6 Å². The molecule has 37 heavy (non-hydrogen) atoms. The summed E-state index contributed by atoms with van der Waals surface area (Å²) < 4.78 is 5.58. The molecule has 0 spiro atoms. The van der Waals surface area contributed by atoms with E-state index in [9.17, 15) is 10.1 Å². The second kappa shape index (κ2) is 10.0. The van der Waals surface area contributed by atoms with Crippen molar-refractivity contribution in [3.63, 3.8) is 0 Å². The van der Waals surface area contributed by atoms with Gasteiger partial charge in [0.25, 0.3) is 5.56 Å². The van der Waals surface area contributed by atoms with Crippen LogP contribution in [-0.4, -0.2) is 54.0 Å². The van der Waals surface area contributed by atoms with Crippen molar-refractivity contribution in [1.29, 1.82) is 5.26 Å². The summed E-state index contributed by atoms with van der Waals surface area (Å²) in [4.78, 5) is 23.0. The predicted molar refractivity (Wildman–Crippen MR) is 147 cm³/mol. The largest absolute Gasteiger partial charge is 0.364 e. The first-order valence-electron chi connectivity index (χ1n) is 13.3. The van der Waals surface area contributed by atoms with Crippen molar-refractivity contribution in [1.82, 2.24) is 28.8 Å². The lowest BCUT2D eigenvalue weighted by molar-refractivity contribution is 0.0954. The van der Waals surface area contributed by atoms with Gasteiger partial charge in [-0.15, -0.1) is 0 Å². The minimum atomic E-state index is -0.0608. The third-order valence-corrected chi connectivity index (χ3v) is 8.03. The van der Waals surface area contributed by atoms with Crippen LogP contribution in [0.2, 0.25) is 0 Å². The SMILES string of the molecule is CC[C@H]1CN(C(C)c2nc3ccccc3n2CC)[C@H](CC)CN1c1cc(=O)n(C)c2cn(CC#N)nc12. The first-order valence-corrected chi connectivity index (χ1v) is 13.3. The normalized spacial score (nSPS) is 19.5. The molecule has 1 aliphatic rings. The summed E-state index contributed by atoms with van der Waals surface area (Å²) in [6, 6.07) is 12.9. The number of hydrogen-bond acceptors (Lipinski definition) is 6. The highest BCUT2D eigenvalue weighted by molar-refractivity contribution is 5.88. The number of fused-ring (bicyclic) bond motifs is 2. The molecule has 4 heterocycles. The monoisotopic (exact) mass is 500 g/mol. The van der Waals surface area contributed by atoms with Crippen LogP contribution >= 0.6 is 0 Å². The maximum atomic E-state index is 12.9. The molecule has 1 aliphatic heterocycles. The fourth-order valence-corrected chi connectivity index (χ4v) is 5.96. The van der Waals surface area contributed by atoms with Crippen LogP contribution in [0.4, 0.5) is 5.69 Å². The van der Waals surface area contributed by atoms with E-state index in [1.807, 2.05) is 6.07 Å². The highest BCUT2D eigenvalue weighted by atomic mass is 16.1. The summed E-state index contributed by atoms with van der Waals surface area (Å²) in [6.45, 7) is 11.6. The van der Waals surface area contributed by atoms with E-state index in [-0.39, 0.29) is 24.2 Å². The standard InChI is InChI=1S/C28H36N8O/c1-6-20-17-36(24-15-26(37)32(5)25-18-33(14-13-29)31-27(24)25)21(7-2)16-35(20)19(4)28-30-22-11-9-10-12-23(22)34(28)8-3/h9-12,15,18-21H,6-8,14,16-17H2,1-5H3/t19?,20-,21+/m1/s1. The van der Waals surface area contributed by atoms with E-state index < -0.39 is 0 Å². The highest BCUT2D eigenvalue weighted by Crippen LogP contribution is 2.35. The Bertz CT molecular complexity index is 1520. The molecular weight excluding hydrogens is 464 g/mol. The van der Waals surface area contributed by atoms with Gasteiger partial charge in [0.1, 0.15) is 17.9 Å². The minimum absolute atomic E-state index is 0.0608. The van der Waals surface area contributed by atoms with Crippen LogP contribution in [-0.2, 0) is 20.1 Å². The van der Waals surface area contributed by atoms with Crippen molar-refractivity contribution < 1.29 is 0 Å². The molecule has 0 radical (unpaired) electrons. The van der Waals surface area contributed by atoms with E-state index in [2.05, 4.69) is 66.3 Å². The molecule has 1 fully saturated rings. The molecule has 3 atom stereocenters. The molecule has 5 rings (SSSR count). The number of benzene rings is 1. The predicted octanol–water partition coefficient (Wildman–Crippen LogP) is 4.07. The molecule has 9 heteroatoms. The smallest absolute Gasteiger partial charge is 0.252 e. The first-order chi connectivity index (χ1) is 17.9. The van der Waals surface area contributed by atoms with Crippen molar-refractivity contribution in [3.05, 3.63) is 52.7 Å². The number of imidazole rings is 1. The molecule has 0 amide bonds. The first kappa shape index (κ1) is 25.0. The van der Waals surface area contributed by atoms with Gasteiger partial charge in [0.05, 0.1) is 40.5 Å². The Hall–Kier alpha value is -3.64. The van der Waals surface area contributed by atoms with Crippen LogP contribution in [0.25, 0.3) is 22.1 Å². The van der Waals surface area contributed by atoms with Gasteiger partial charge in [-0.3, -0.25) is 14.4 Å². The molecule has 0 saturated carbocycles. The van der Waals surface area contributed by atoms with Crippen LogP contribution in [0.5, 0.6) is 0 Å². The summed E-state index contributed by atoms with van der Waals surface area (Å²) in [5.74, 6) is 1.11. The Labute approximate surface area is 217 Å². The summed E-state index contributed by atoms with van der Waals surface area (Å²) >= 11 is 0. The third kappa shape index (κ3) is 4.19. The second-order valence-corrected chi connectivity index (χ2v) is 10.00. The van der Waals surface area contributed by atoms with Gasteiger partial charge in [-0.05, 0) is 38.8 Å². The van der Waals surface area contributed by atoms with Crippen molar-refractivity contribution in [3.8, 4) is 6.07 Å². The second-order valence-electron chi connectivity index (χ2n) is 10.00. The van der Waals surface area contributed by atoms with E-state index in [0.717, 1.165) is 60.5 Å². The topological polar surface area (TPSA) is 87.9 Å². The fourth-order valence-electron chi connectivity index (χ4n) is 5.96. The average molecular weight is 501 g/mol. The highest BCUT2D eigenvalue weighted by Gasteiger charge is 2.37. The Morgan fingerprint density at radius 1 is 1.11 bits per heavy atom. The number of aryl methyl sites for hydroxylation is 2. The number of hydrogen-bond donors (Lipinski definition) is 0. The molecule has 0 bridgehead atoms. The maximum absolute atomic E-state index is 12.9. The van der Waals surface area contributed by atoms with Gasteiger partial charge in [-0.1, -0.05) is 26.0 Å². The van der Waals surface area contributed by atoms with Crippen LogP contribution in [0, 0.1) is 11.3 Å². The van der Waals surface area contributed by atoms with E-state index in [1.165, 1.54) is 5.52 Å². The number of rotatable bonds is 7. The molecule has 3 aromatic heterocycles. The zero-order valence-electron chi connectivity index (χ0n) is 22.4. The quantitative estimate of drug-likeness (QED) is 0.380. The summed E-state index contributed by atoms with van der Waals surface area (Å²) in [5.41, 5.74) is 4.57. The number of aromatic nitrogens is 5. The molecule has 1 saturated heterocycles. The Kier molecular flexibility index (Phi) is 6.78. The molecular formula is C28H36N8O. The van der Waals surface area contributed by atoms with Gasteiger partial charge >= 0.3 is 0 Å². The number of nitriles is 1. The van der Waals surface area contributed by atoms with Crippen LogP contribution in [0.15, 0.2) is 41.3 Å². The minimum Gasteiger partial charge on any atom is -0.364 e. The summed E-state index contributed by atoms with van der Waals surface area (Å²) in [5, 5.41) is 13.9. The third-order valence-electron chi connectivity index (χ3n) is 8.03. The molecule has 1 unspecified atom stereocenters. The van der Waals surface area contributed by atoms with Gasteiger partial charge in [0, 0.05) is 44.8 Å². The zero-order valence-corrected chi connectivity index (χ0v) is 22.4. The van der Waals surface area contributed by atoms with E-state index in [0.29, 0.717) is 6.04 Å². The molecule has 4 aromatic rings. The molecule has 1 aromatic carbocycles. The van der Waals surface area contributed by atoms with Gasteiger partial charge < -0.3 is 14.0 Å². The molecule has 194 valence electrons. The molecule has 0 aliphatic carbocycles. The van der Waals surface area contributed by atoms with Gasteiger partial charge in [0.2, 0.25) is 0 Å². The van der Waals surface area contributed by atoms with Crippen molar-refractivity contribution in [2.24, 2.45) is 7.05 Å². The molecule has 0 N–H and O–H groups in total. The molecule has 9 nitrogen and oxygen atoms in total. The van der Waals surface area contributed by atoms with Crippen LogP contribution in [0.3, 0.4) is 0 Å². The van der Waals surface area contributed by atoms with Gasteiger partial charge in [-0.25, -0.2) is 4.98 Å². The summed E-state index contributed by atoms with van der Waals surface area (Å²) in [6.07, 6.45) is 3.73.